The molecule has 1 aliphatic carbocycles. The van der Waals surface area contributed by atoms with Crippen LogP contribution in [0.25, 0.3) is 0 Å². The zero-order valence-corrected chi connectivity index (χ0v) is 15.1. The molecule has 1 saturated carbocycles. The number of carbonyl (C=O) groups is 2. The largest absolute Gasteiger partial charge is 0.480 e. The lowest BCUT2D eigenvalue weighted by molar-refractivity contribution is -0.198. The van der Waals surface area contributed by atoms with Crippen LogP contribution in [0.1, 0.15) is 19.3 Å². The molecule has 3 fully saturated rings. The van der Waals surface area contributed by atoms with Crippen LogP contribution in [0.5, 0.6) is 0 Å². The third-order valence-corrected chi connectivity index (χ3v) is 8.49. The number of carboxylic acids is 1. The highest BCUT2D eigenvalue weighted by Gasteiger charge is 2.64. The van der Waals surface area contributed by atoms with E-state index in [0.29, 0.717) is 32.7 Å². The van der Waals surface area contributed by atoms with E-state index in [-0.39, 0.29) is 29.1 Å². The Kier molecular flexibility index (Phi) is 3.89. The second-order valence-corrected chi connectivity index (χ2v) is 9.85. The number of carbonyl (C=O) groups excluding carboxylic acids is 1. The van der Waals surface area contributed by atoms with Crippen LogP contribution in [0.15, 0.2) is 35.2 Å². The maximum absolute atomic E-state index is 13.3. The van der Waals surface area contributed by atoms with Gasteiger partial charge in [-0.1, -0.05) is 24.6 Å². The predicted molar refractivity (Wildman–Crippen MR) is 91.2 cm³/mol. The number of benzene rings is 1. The summed E-state index contributed by atoms with van der Waals surface area (Å²) in [5.74, 6) is -2.84. The van der Waals surface area contributed by atoms with E-state index in [9.17, 15) is 23.1 Å². The maximum Gasteiger partial charge on any atom is 0.326 e. The average Bonchev–Trinajstić information content (AvgIpc) is 2.99. The molecule has 1 amide bonds. The molecule has 1 aromatic carbocycles. The van der Waals surface area contributed by atoms with E-state index in [1.807, 2.05) is 0 Å². The molecule has 8 heteroatoms. The molecular formula is C18H21NO6S. The lowest BCUT2D eigenvalue weighted by Crippen LogP contribution is -2.69. The van der Waals surface area contributed by atoms with Crippen molar-refractivity contribution in [3.05, 3.63) is 30.3 Å². The first kappa shape index (κ1) is 17.5. The zero-order chi connectivity index (χ0) is 18.6. The van der Waals surface area contributed by atoms with Gasteiger partial charge >= 0.3 is 5.97 Å². The van der Waals surface area contributed by atoms with E-state index in [1.54, 1.807) is 23.1 Å². The molecule has 0 unspecified atom stereocenters. The predicted octanol–water partition coefficient (Wildman–Crippen LogP) is 0.943. The van der Waals surface area contributed by atoms with Crippen LogP contribution in [-0.4, -0.2) is 61.4 Å². The molecule has 0 radical (unpaired) electrons. The fourth-order valence-corrected chi connectivity index (χ4v) is 6.69. The Morgan fingerprint density at radius 3 is 2.35 bits per heavy atom. The third-order valence-electron chi connectivity index (χ3n) is 5.98. The molecule has 2 saturated heterocycles. The van der Waals surface area contributed by atoms with Crippen molar-refractivity contribution in [2.45, 2.75) is 28.9 Å². The van der Waals surface area contributed by atoms with E-state index < -0.39 is 26.5 Å². The number of sulfone groups is 1. The molecule has 140 valence electrons. The number of carboxylic acid groups (broad SMARTS) is 1. The molecule has 7 nitrogen and oxygen atoms in total. The Hall–Kier alpha value is -1.93. The summed E-state index contributed by atoms with van der Waals surface area (Å²) in [6, 6.07) is 7.58. The van der Waals surface area contributed by atoms with Crippen molar-refractivity contribution < 1.29 is 27.9 Å². The van der Waals surface area contributed by atoms with Gasteiger partial charge in [-0.05, 0) is 25.0 Å². The average molecular weight is 379 g/mol. The minimum absolute atomic E-state index is 0.00153. The first-order valence-corrected chi connectivity index (χ1v) is 10.2. The molecule has 26 heavy (non-hydrogen) atoms. The standard InChI is InChI=1S/C18H21NO6S/c20-15(19-9-17(10-19)11-25-12-17)14-7-4-8-18(14,16(21)22)26(23,24)13-5-2-1-3-6-13/h1-3,5-6,14H,4,7-12H2,(H,21,22)/t14-,18-/m1/s1. The Labute approximate surface area is 151 Å². The normalized spacial score (nSPS) is 29.8. The highest BCUT2D eigenvalue weighted by atomic mass is 32.2. The van der Waals surface area contributed by atoms with Crippen LogP contribution < -0.4 is 0 Å². The van der Waals surface area contributed by atoms with E-state index in [0.717, 1.165) is 0 Å². The first-order chi connectivity index (χ1) is 12.3. The van der Waals surface area contributed by atoms with E-state index >= 15 is 0 Å². The van der Waals surface area contributed by atoms with Gasteiger partial charge in [0.1, 0.15) is 0 Å². The van der Waals surface area contributed by atoms with Crippen LogP contribution in [0.3, 0.4) is 0 Å². The lowest BCUT2D eigenvalue weighted by Gasteiger charge is -2.55. The number of nitrogens with zero attached hydrogens (tertiary/aromatic N) is 1. The summed E-state index contributed by atoms with van der Waals surface area (Å²) in [5, 5.41) is 9.94. The van der Waals surface area contributed by atoms with Crippen LogP contribution in [0.2, 0.25) is 0 Å². The molecule has 1 spiro atoms. The van der Waals surface area contributed by atoms with Crippen molar-refractivity contribution in [3.63, 3.8) is 0 Å². The smallest absolute Gasteiger partial charge is 0.326 e. The molecule has 2 aliphatic heterocycles. The number of amides is 1. The monoisotopic (exact) mass is 379 g/mol. The second-order valence-electron chi connectivity index (χ2n) is 7.64. The molecular weight excluding hydrogens is 358 g/mol. The van der Waals surface area contributed by atoms with Crippen molar-refractivity contribution in [1.82, 2.24) is 4.90 Å². The molecule has 0 aromatic heterocycles. The van der Waals surface area contributed by atoms with Gasteiger partial charge in [-0.3, -0.25) is 9.59 Å². The van der Waals surface area contributed by atoms with Gasteiger partial charge in [0.15, 0.2) is 14.6 Å². The van der Waals surface area contributed by atoms with Gasteiger partial charge < -0.3 is 14.7 Å². The number of hydrogen-bond acceptors (Lipinski definition) is 5. The van der Waals surface area contributed by atoms with E-state index in [4.69, 9.17) is 4.74 Å². The summed E-state index contributed by atoms with van der Waals surface area (Å²) < 4.78 is 29.6. The van der Waals surface area contributed by atoms with Gasteiger partial charge in [0.2, 0.25) is 5.91 Å². The van der Waals surface area contributed by atoms with Crippen molar-refractivity contribution in [3.8, 4) is 0 Å². The first-order valence-electron chi connectivity index (χ1n) is 8.72. The van der Waals surface area contributed by atoms with Gasteiger partial charge in [0.25, 0.3) is 0 Å². The highest BCUT2D eigenvalue weighted by Crippen LogP contribution is 2.48. The fourth-order valence-electron chi connectivity index (χ4n) is 4.51. The second kappa shape index (κ2) is 5.79. The molecule has 0 bridgehead atoms. The maximum atomic E-state index is 13.3. The number of ether oxygens (including phenoxy) is 1. The summed E-state index contributed by atoms with van der Waals surface area (Å²) in [6.07, 6.45) is 0.631. The molecule has 1 N–H and O–H groups in total. The van der Waals surface area contributed by atoms with Crippen LogP contribution in [0, 0.1) is 11.3 Å². The molecule has 4 rings (SSSR count). The Balaban J connectivity index is 1.68. The molecule has 1 aromatic rings. The summed E-state index contributed by atoms with van der Waals surface area (Å²) in [6.45, 7) is 2.24. The van der Waals surface area contributed by atoms with Crippen LogP contribution in [-0.2, 0) is 24.2 Å². The molecule has 3 aliphatic rings. The Morgan fingerprint density at radius 1 is 1.15 bits per heavy atom. The summed E-state index contributed by atoms with van der Waals surface area (Å²) >= 11 is 0. The van der Waals surface area contributed by atoms with Gasteiger partial charge in [0, 0.05) is 13.1 Å². The number of aliphatic carboxylic acids is 1. The summed E-state index contributed by atoms with van der Waals surface area (Å²) in [4.78, 5) is 26.8. The number of hydrogen-bond donors (Lipinski definition) is 1. The topological polar surface area (TPSA) is 101 Å². The van der Waals surface area contributed by atoms with Gasteiger partial charge in [-0.15, -0.1) is 0 Å². The Bertz CT molecular complexity index is 840. The van der Waals surface area contributed by atoms with E-state index in [1.165, 1.54) is 12.1 Å². The lowest BCUT2D eigenvalue weighted by atomic mass is 9.77. The number of rotatable bonds is 4. The number of likely N-dealkylation sites (tertiary alicyclic amines) is 1. The quantitative estimate of drug-likeness (QED) is 0.836. The van der Waals surface area contributed by atoms with Crippen LogP contribution in [0.4, 0.5) is 0 Å². The SMILES string of the molecule is O=C([C@H]1CCC[C@@]1(C(=O)O)S(=O)(=O)c1ccccc1)N1CC2(COC2)C1. The molecule has 2 heterocycles. The van der Waals surface area contributed by atoms with Gasteiger partial charge in [-0.25, -0.2) is 8.42 Å². The Morgan fingerprint density at radius 2 is 1.81 bits per heavy atom. The summed E-state index contributed by atoms with van der Waals surface area (Å²) in [5.41, 5.74) is -0.00153. The van der Waals surface area contributed by atoms with Crippen LogP contribution >= 0.6 is 0 Å². The van der Waals surface area contributed by atoms with Crippen molar-refractivity contribution in [2.75, 3.05) is 26.3 Å². The van der Waals surface area contributed by atoms with E-state index in [2.05, 4.69) is 0 Å². The summed E-state index contributed by atoms with van der Waals surface area (Å²) in [7, 11) is -4.20. The van der Waals surface area contributed by atoms with Crippen molar-refractivity contribution >= 4 is 21.7 Å². The van der Waals surface area contributed by atoms with Crippen molar-refractivity contribution in [2.24, 2.45) is 11.3 Å². The van der Waals surface area contributed by atoms with Gasteiger partial charge in [0.05, 0.1) is 29.4 Å². The van der Waals surface area contributed by atoms with Crippen molar-refractivity contribution in [1.29, 1.82) is 0 Å². The highest BCUT2D eigenvalue weighted by molar-refractivity contribution is 7.93. The fraction of sp³-hybridized carbons (Fsp3) is 0.556. The minimum atomic E-state index is -4.20. The minimum Gasteiger partial charge on any atom is -0.480 e. The third kappa shape index (κ3) is 2.24. The molecule has 2 atom stereocenters. The zero-order valence-electron chi connectivity index (χ0n) is 14.3. The van der Waals surface area contributed by atoms with Gasteiger partial charge in [-0.2, -0.15) is 0 Å².